The fourth-order valence-corrected chi connectivity index (χ4v) is 1.49. The molecule has 0 saturated carbocycles. The molecule has 1 aromatic heterocycles. The van der Waals surface area contributed by atoms with Crippen molar-refractivity contribution in [1.29, 1.82) is 0 Å². The van der Waals surface area contributed by atoms with Gasteiger partial charge in [0.1, 0.15) is 0 Å². The predicted octanol–water partition coefficient (Wildman–Crippen LogP) is 0.891. The monoisotopic (exact) mass is 195 g/mol. The molecule has 1 aromatic rings. The Morgan fingerprint density at radius 2 is 2.50 bits per heavy atom. The number of hydrogen-bond donors (Lipinski definition) is 1. The fourth-order valence-electron chi connectivity index (χ4n) is 1.49. The summed E-state index contributed by atoms with van der Waals surface area (Å²) < 4.78 is 7.46. The number of ether oxygens (including phenoxy) is 1. The van der Waals surface area contributed by atoms with Crippen LogP contribution in [0.25, 0.3) is 0 Å². The average Bonchev–Trinajstić information content (AvgIpc) is 2.57. The summed E-state index contributed by atoms with van der Waals surface area (Å²) in [5, 5.41) is 7.40. The molecule has 1 fully saturated rings. The predicted molar refractivity (Wildman–Crippen MR) is 54.4 cm³/mol. The van der Waals surface area contributed by atoms with Gasteiger partial charge < -0.3 is 10.1 Å². The van der Waals surface area contributed by atoms with E-state index in [2.05, 4.69) is 17.3 Å². The molecule has 0 aromatic carbocycles. The van der Waals surface area contributed by atoms with Crippen molar-refractivity contribution in [2.75, 3.05) is 19.7 Å². The lowest BCUT2D eigenvalue weighted by Crippen LogP contribution is -2.42. The Hall–Kier alpha value is -1.03. The highest BCUT2D eigenvalue weighted by Crippen LogP contribution is 2.12. The summed E-state index contributed by atoms with van der Waals surface area (Å²) >= 11 is 0. The van der Waals surface area contributed by atoms with E-state index in [1.54, 1.807) is 6.20 Å². The van der Waals surface area contributed by atoms with Crippen LogP contribution < -0.4 is 10.1 Å². The lowest BCUT2D eigenvalue weighted by Gasteiger charge is -2.26. The first kappa shape index (κ1) is 9.52. The van der Waals surface area contributed by atoms with Gasteiger partial charge in [0.25, 0.3) is 0 Å². The molecule has 2 rings (SSSR count). The third kappa shape index (κ3) is 2.26. The standard InChI is InChI=1S/C10H17N3O/c1-2-13-8-10(7-12-13)14-4-3-9-5-11-6-9/h7-9,11H,2-6H2,1H3. The van der Waals surface area contributed by atoms with Crippen LogP contribution in [0, 0.1) is 5.92 Å². The van der Waals surface area contributed by atoms with Crippen molar-refractivity contribution >= 4 is 0 Å². The maximum Gasteiger partial charge on any atom is 0.157 e. The topological polar surface area (TPSA) is 39.1 Å². The third-order valence-corrected chi connectivity index (χ3v) is 2.59. The minimum atomic E-state index is 0.807. The number of aryl methyl sites for hydroxylation is 1. The van der Waals surface area contributed by atoms with Crippen LogP contribution in [0.2, 0.25) is 0 Å². The first-order valence-corrected chi connectivity index (χ1v) is 5.24. The Kier molecular flexibility index (Phi) is 3.03. The smallest absolute Gasteiger partial charge is 0.157 e. The zero-order valence-electron chi connectivity index (χ0n) is 8.57. The van der Waals surface area contributed by atoms with Gasteiger partial charge in [-0.05, 0) is 32.4 Å². The molecule has 0 bridgehead atoms. The van der Waals surface area contributed by atoms with Gasteiger partial charge in [0, 0.05) is 6.54 Å². The molecule has 0 radical (unpaired) electrons. The summed E-state index contributed by atoms with van der Waals surface area (Å²) in [6.07, 6.45) is 4.87. The zero-order chi connectivity index (χ0) is 9.80. The Balaban J connectivity index is 1.68. The Morgan fingerprint density at radius 1 is 1.64 bits per heavy atom. The van der Waals surface area contributed by atoms with Crippen LogP contribution in [-0.4, -0.2) is 29.5 Å². The highest BCUT2D eigenvalue weighted by atomic mass is 16.5. The van der Waals surface area contributed by atoms with Gasteiger partial charge in [-0.25, -0.2) is 0 Å². The molecule has 4 nitrogen and oxygen atoms in total. The van der Waals surface area contributed by atoms with Gasteiger partial charge in [0.15, 0.2) is 5.75 Å². The quantitative estimate of drug-likeness (QED) is 0.758. The maximum absolute atomic E-state index is 5.58. The van der Waals surface area contributed by atoms with Gasteiger partial charge in [-0.15, -0.1) is 0 Å². The van der Waals surface area contributed by atoms with Crippen molar-refractivity contribution < 1.29 is 4.74 Å². The van der Waals surface area contributed by atoms with Crippen LogP contribution in [0.5, 0.6) is 5.75 Å². The summed E-state index contributed by atoms with van der Waals surface area (Å²) in [7, 11) is 0. The fraction of sp³-hybridized carbons (Fsp3) is 0.700. The molecule has 2 heterocycles. The molecule has 1 saturated heterocycles. The van der Waals surface area contributed by atoms with Crippen LogP contribution in [0.1, 0.15) is 13.3 Å². The number of nitrogens with one attached hydrogen (secondary N) is 1. The molecule has 0 aliphatic carbocycles. The van der Waals surface area contributed by atoms with Crippen molar-refractivity contribution in [3.63, 3.8) is 0 Å². The molecular weight excluding hydrogens is 178 g/mol. The first-order valence-electron chi connectivity index (χ1n) is 5.24. The molecule has 0 spiro atoms. The second-order valence-corrected chi connectivity index (χ2v) is 3.69. The largest absolute Gasteiger partial charge is 0.490 e. The number of hydrogen-bond acceptors (Lipinski definition) is 3. The minimum absolute atomic E-state index is 0.807. The summed E-state index contributed by atoms with van der Waals surface area (Å²) in [4.78, 5) is 0. The van der Waals surface area contributed by atoms with E-state index in [-0.39, 0.29) is 0 Å². The van der Waals surface area contributed by atoms with Crippen LogP contribution in [-0.2, 0) is 6.54 Å². The molecule has 0 unspecified atom stereocenters. The van der Waals surface area contributed by atoms with Crippen molar-refractivity contribution in [2.24, 2.45) is 5.92 Å². The highest BCUT2D eigenvalue weighted by Gasteiger charge is 2.16. The van der Waals surface area contributed by atoms with E-state index in [9.17, 15) is 0 Å². The molecule has 78 valence electrons. The van der Waals surface area contributed by atoms with E-state index in [0.29, 0.717) is 0 Å². The van der Waals surface area contributed by atoms with Gasteiger partial charge in [-0.2, -0.15) is 5.10 Å². The average molecular weight is 195 g/mol. The van der Waals surface area contributed by atoms with E-state index in [1.807, 2.05) is 10.9 Å². The van der Waals surface area contributed by atoms with Gasteiger partial charge in [-0.3, -0.25) is 4.68 Å². The maximum atomic E-state index is 5.58. The summed E-state index contributed by atoms with van der Waals surface area (Å²) in [5.74, 6) is 1.70. The van der Waals surface area contributed by atoms with E-state index in [1.165, 1.54) is 0 Å². The van der Waals surface area contributed by atoms with E-state index in [0.717, 1.165) is 44.3 Å². The lowest BCUT2D eigenvalue weighted by atomic mass is 10.0. The Bertz CT molecular complexity index is 281. The van der Waals surface area contributed by atoms with Crippen LogP contribution in [0.4, 0.5) is 0 Å². The normalized spacial score (nSPS) is 16.6. The Morgan fingerprint density at radius 3 is 3.07 bits per heavy atom. The number of nitrogens with zero attached hydrogens (tertiary/aromatic N) is 2. The van der Waals surface area contributed by atoms with Crippen molar-refractivity contribution in [2.45, 2.75) is 19.9 Å². The highest BCUT2D eigenvalue weighted by molar-refractivity contribution is 5.11. The third-order valence-electron chi connectivity index (χ3n) is 2.59. The Labute approximate surface area is 84.3 Å². The van der Waals surface area contributed by atoms with Crippen molar-refractivity contribution in [1.82, 2.24) is 15.1 Å². The number of aromatic nitrogens is 2. The van der Waals surface area contributed by atoms with E-state index >= 15 is 0 Å². The second kappa shape index (κ2) is 4.46. The molecule has 0 amide bonds. The molecule has 1 aliphatic heterocycles. The SMILES string of the molecule is CCn1cc(OCCC2CNC2)cn1. The van der Waals surface area contributed by atoms with Gasteiger partial charge >= 0.3 is 0 Å². The summed E-state index contributed by atoms with van der Waals surface area (Å²) in [5.41, 5.74) is 0. The van der Waals surface area contributed by atoms with Crippen molar-refractivity contribution in [3.05, 3.63) is 12.4 Å². The molecule has 1 N–H and O–H groups in total. The van der Waals surface area contributed by atoms with Crippen molar-refractivity contribution in [3.8, 4) is 5.75 Å². The first-order chi connectivity index (χ1) is 6.88. The van der Waals surface area contributed by atoms with Crippen LogP contribution in [0.3, 0.4) is 0 Å². The summed E-state index contributed by atoms with van der Waals surface area (Å²) in [6.45, 7) is 6.07. The lowest BCUT2D eigenvalue weighted by molar-refractivity contribution is 0.238. The minimum Gasteiger partial charge on any atom is -0.490 e. The number of rotatable bonds is 5. The molecule has 14 heavy (non-hydrogen) atoms. The second-order valence-electron chi connectivity index (χ2n) is 3.69. The van der Waals surface area contributed by atoms with E-state index in [4.69, 9.17) is 4.74 Å². The molecule has 1 aliphatic rings. The molecular formula is C10H17N3O. The van der Waals surface area contributed by atoms with Gasteiger partial charge in [0.2, 0.25) is 0 Å². The van der Waals surface area contributed by atoms with Crippen LogP contribution >= 0.6 is 0 Å². The van der Waals surface area contributed by atoms with Crippen LogP contribution in [0.15, 0.2) is 12.4 Å². The van der Waals surface area contributed by atoms with E-state index < -0.39 is 0 Å². The summed E-state index contributed by atoms with van der Waals surface area (Å²) in [6, 6.07) is 0. The molecule has 4 heteroatoms. The molecule has 0 atom stereocenters. The zero-order valence-corrected chi connectivity index (χ0v) is 8.57. The van der Waals surface area contributed by atoms with Gasteiger partial charge in [0.05, 0.1) is 19.0 Å². The van der Waals surface area contributed by atoms with Gasteiger partial charge in [-0.1, -0.05) is 0 Å².